The monoisotopic (exact) mass is 1250 g/mol. The highest BCUT2D eigenvalue weighted by Gasteiger charge is 2.51. The van der Waals surface area contributed by atoms with Crippen LogP contribution < -0.4 is 0 Å². The van der Waals surface area contributed by atoms with Crippen molar-refractivity contribution in [3.63, 3.8) is 0 Å². The number of fused-ring (bicyclic) bond motifs is 13. The van der Waals surface area contributed by atoms with Gasteiger partial charge in [0, 0.05) is 5.41 Å². The summed E-state index contributed by atoms with van der Waals surface area (Å²) in [5.74, 6) is 0. The molecular weight excluding hydrogens is 1150 g/mol. The molecule has 96 heavy (non-hydrogen) atoms. The van der Waals surface area contributed by atoms with E-state index in [-0.39, 0.29) is 10.8 Å². The van der Waals surface area contributed by atoms with E-state index in [1.165, 1.54) is 178 Å². The van der Waals surface area contributed by atoms with Gasteiger partial charge in [-0.3, -0.25) is 0 Å². The number of hydrogen-bond acceptors (Lipinski definition) is 0. The standard InChI is InChI=1S/C27H20.C17H18.3C14H14.C10H14/c1-17-11-13-21-22-14-12-18(2)16-26(22)27(25(21)15-17)23-9-5-3-7-19(23)20-8-4-6-10-24(20)27;1-11-5-7-13-14-8-6-12(2)10-16(14)17(3,4)15(13)9-11;1-11-7-3-5-9-13(11)14-10-6-4-8-12(14)2;1-11-6-5-8-13(10-11)14-9-4-3-7-12(14)2;1-11-7-9-13(10-8-11)14-6-4-3-5-12(14)2;1-7-5-9(3)10(4)6-8(7)2/h3-16H,1-2H3;5-10H,1-4H3;3*3-10H,1-2H3;5-6H,1-4H3. The number of aryl methyl sites for hydroxylation is 14. The van der Waals surface area contributed by atoms with Crippen LogP contribution in [0.25, 0.3) is 66.8 Å². The molecule has 13 aromatic rings. The van der Waals surface area contributed by atoms with Crippen molar-refractivity contribution in [2.24, 2.45) is 0 Å². The largest absolute Gasteiger partial charge is 0.0725 e. The van der Waals surface area contributed by atoms with Crippen LogP contribution in [0.2, 0.25) is 0 Å². The lowest BCUT2D eigenvalue weighted by Gasteiger charge is -2.30. The van der Waals surface area contributed by atoms with Crippen LogP contribution in [0, 0.1) is 96.9 Å². The zero-order chi connectivity index (χ0) is 68.0. The van der Waals surface area contributed by atoms with Gasteiger partial charge in [-0.05, 0) is 242 Å². The first-order valence-corrected chi connectivity index (χ1v) is 34.2. The van der Waals surface area contributed by atoms with Crippen LogP contribution in [-0.2, 0) is 10.8 Å². The lowest BCUT2D eigenvalue weighted by molar-refractivity contribution is 0.659. The van der Waals surface area contributed by atoms with E-state index >= 15 is 0 Å². The Balaban J connectivity index is 0.000000121. The second-order valence-corrected chi connectivity index (χ2v) is 27.7. The van der Waals surface area contributed by atoms with E-state index in [1.807, 2.05) is 0 Å². The molecule has 0 N–H and O–H groups in total. The summed E-state index contributed by atoms with van der Waals surface area (Å²) in [6, 6.07) is 101. The van der Waals surface area contributed by atoms with E-state index in [4.69, 9.17) is 0 Å². The van der Waals surface area contributed by atoms with Crippen molar-refractivity contribution in [3.05, 3.63) is 390 Å². The van der Waals surface area contributed by atoms with Gasteiger partial charge in [0.1, 0.15) is 0 Å². The van der Waals surface area contributed by atoms with Gasteiger partial charge >= 0.3 is 0 Å². The third-order valence-corrected chi connectivity index (χ3v) is 20.1. The van der Waals surface area contributed by atoms with E-state index in [9.17, 15) is 0 Å². The fourth-order valence-electron chi connectivity index (χ4n) is 14.5. The first-order chi connectivity index (χ1) is 46.1. The summed E-state index contributed by atoms with van der Waals surface area (Å²) in [6.07, 6.45) is 0. The molecule has 478 valence electrons. The maximum Gasteiger partial charge on any atom is 0.0725 e. The number of benzene rings is 13. The molecule has 0 radical (unpaired) electrons. The molecule has 3 aliphatic rings. The molecule has 0 aliphatic heterocycles. The minimum absolute atomic E-state index is 0.142. The average Bonchev–Trinajstić information content (AvgIpc) is 1.51. The molecule has 16 rings (SSSR count). The molecule has 0 aromatic heterocycles. The fraction of sp³-hybridized carbons (Fsp3) is 0.188. The Morgan fingerprint density at radius 1 is 0.167 bits per heavy atom. The normalized spacial score (nSPS) is 12.3. The first kappa shape index (κ1) is 67.3. The van der Waals surface area contributed by atoms with Crippen molar-refractivity contribution in [1.82, 2.24) is 0 Å². The quantitative estimate of drug-likeness (QED) is 0.165. The topological polar surface area (TPSA) is 0 Å². The third-order valence-electron chi connectivity index (χ3n) is 20.1. The van der Waals surface area contributed by atoms with Crippen molar-refractivity contribution in [1.29, 1.82) is 0 Å². The molecule has 0 heterocycles. The lowest BCUT2D eigenvalue weighted by Crippen LogP contribution is -2.26. The molecule has 0 atom stereocenters. The Morgan fingerprint density at radius 2 is 0.448 bits per heavy atom. The Hall–Kier alpha value is -10.1. The van der Waals surface area contributed by atoms with Crippen LogP contribution in [0.15, 0.2) is 279 Å². The summed E-state index contributed by atoms with van der Waals surface area (Å²) in [6.45, 7) is 34.9. The van der Waals surface area contributed by atoms with Gasteiger partial charge in [0.25, 0.3) is 0 Å². The second-order valence-electron chi connectivity index (χ2n) is 27.7. The smallest absolute Gasteiger partial charge is 0.0620 e. The molecular formula is C96H94. The zero-order valence-corrected chi connectivity index (χ0v) is 59.6. The minimum Gasteiger partial charge on any atom is -0.0620 e. The zero-order valence-electron chi connectivity index (χ0n) is 59.6. The molecule has 0 heteroatoms. The van der Waals surface area contributed by atoms with Crippen LogP contribution in [0.5, 0.6) is 0 Å². The summed E-state index contributed by atoms with van der Waals surface area (Å²) >= 11 is 0. The summed E-state index contributed by atoms with van der Waals surface area (Å²) in [5, 5.41) is 0. The molecule has 0 nitrogen and oxygen atoms in total. The highest BCUT2D eigenvalue weighted by atomic mass is 14.5. The highest BCUT2D eigenvalue weighted by molar-refractivity contribution is 5.95. The van der Waals surface area contributed by atoms with E-state index < -0.39 is 0 Å². The van der Waals surface area contributed by atoms with Gasteiger partial charge in [0.2, 0.25) is 0 Å². The van der Waals surface area contributed by atoms with Crippen molar-refractivity contribution in [2.75, 3.05) is 0 Å². The van der Waals surface area contributed by atoms with E-state index in [1.54, 1.807) is 0 Å². The Morgan fingerprint density at radius 3 is 0.812 bits per heavy atom. The van der Waals surface area contributed by atoms with E-state index in [0.717, 1.165) is 0 Å². The average molecular weight is 1250 g/mol. The van der Waals surface area contributed by atoms with Crippen LogP contribution >= 0.6 is 0 Å². The molecule has 13 aromatic carbocycles. The van der Waals surface area contributed by atoms with Crippen LogP contribution in [0.1, 0.15) is 125 Å². The van der Waals surface area contributed by atoms with Gasteiger partial charge in [-0.1, -0.05) is 326 Å². The SMILES string of the molecule is Cc1cc(C)c(C)cc1C.Cc1ccc(-c2ccccc2C)cc1.Cc1ccc2c(c1)C(C)(C)c1cc(C)ccc1-2.Cc1ccc2c(c1)C1(c3ccccc3-c3ccccc31)c1cc(C)ccc1-2.Cc1cccc(-c2ccccc2C)c1.Cc1ccccc1-c1ccccc1C. The Bertz CT molecular complexity index is 4700. The summed E-state index contributed by atoms with van der Waals surface area (Å²) in [5.41, 5.74) is 43.7. The van der Waals surface area contributed by atoms with Gasteiger partial charge < -0.3 is 0 Å². The molecule has 0 saturated carbocycles. The Kier molecular flexibility index (Phi) is 20.2. The molecule has 3 aliphatic carbocycles. The van der Waals surface area contributed by atoms with Crippen LogP contribution in [0.3, 0.4) is 0 Å². The van der Waals surface area contributed by atoms with Gasteiger partial charge in [0.15, 0.2) is 0 Å². The minimum atomic E-state index is -0.199. The fourth-order valence-corrected chi connectivity index (χ4v) is 14.5. The number of hydrogen-bond donors (Lipinski definition) is 0. The second kappa shape index (κ2) is 28.8. The number of rotatable bonds is 3. The predicted octanol–water partition coefficient (Wildman–Crippen LogP) is 26.1. The third kappa shape index (κ3) is 13.9. The maximum atomic E-state index is 2.41. The molecule has 0 unspecified atom stereocenters. The van der Waals surface area contributed by atoms with Gasteiger partial charge in [-0.25, -0.2) is 0 Å². The lowest BCUT2D eigenvalue weighted by atomic mass is 9.70. The molecule has 0 bridgehead atoms. The van der Waals surface area contributed by atoms with Crippen molar-refractivity contribution in [3.8, 4) is 66.8 Å². The summed E-state index contributed by atoms with van der Waals surface area (Å²) in [4.78, 5) is 0. The van der Waals surface area contributed by atoms with Crippen molar-refractivity contribution >= 4 is 0 Å². The van der Waals surface area contributed by atoms with Crippen LogP contribution in [0.4, 0.5) is 0 Å². The molecule has 0 amide bonds. The molecule has 0 fully saturated rings. The summed E-state index contributed by atoms with van der Waals surface area (Å²) < 4.78 is 0. The van der Waals surface area contributed by atoms with Crippen molar-refractivity contribution in [2.45, 2.75) is 122 Å². The molecule has 0 saturated heterocycles. The van der Waals surface area contributed by atoms with Crippen LogP contribution in [-0.4, -0.2) is 0 Å². The van der Waals surface area contributed by atoms with E-state index in [2.05, 4.69) is 390 Å². The predicted molar refractivity (Wildman–Crippen MR) is 415 cm³/mol. The van der Waals surface area contributed by atoms with Gasteiger partial charge in [-0.15, -0.1) is 0 Å². The first-order valence-electron chi connectivity index (χ1n) is 34.2. The van der Waals surface area contributed by atoms with E-state index in [0.29, 0.717) is 0 Å². The van der Waals surface area contributed by atoms with Gasteiger partial charge in [-0.2, -0.15) is 0 Å². The maximum absolute atomic E-state index is 2.41. The van der Waals surface area contributed by atoms with Gasteiger partial charge in [0.05, 0.1) is 5.41 Å². The van der Waals surface area contributed by atoms with Crippen molar-refractivity contribution < 1.29 is 0 Å². The highest BCUT2D eigenvalue weighted by Crippen LogP contribution is 2.63. The molecule has 1 spiro atoms. The summed E-state index contributed by atoms with van der Waals surface area (Å²) in [7, 11) is 0. The Labute approximate surface area is 575 Å².